The van der Waals surface area contributed by atoms with Gasteiger partial charge in [0, 0.05) is 22.3 Å². The van der Waals surface area contributed by atoms with Crippen molar-refractivity contribution in [3.8, 4) is 0 Å². The largest absolute Gasteiger partial charge is 0.289 e. The maximum Gasteiger partial charge on any atom is 0.190 e. The van der Waals surface area contributed by atoms with Gasteiger partial charge in [0.1, 0.15) is 0 Å². The summed E-state index contributed by atoms with van der Waals surface area (Å²) in [4.78, 5) is 25.3. The van der Waals surface area contributed by atoms with Gasteiger partial charge in [0.2, 0.25) is 0 Å². The fraction of sp³-hybridized carbons (Fsp3) is 0.474. The molecule has 0 amide bonds. The van der Waals surface area contributed by atoms with Crippen LogP contribution in [0.5, 0.6) is 0 Å². The number of hydrogen-bond acceptors (Lipinski definition) is 2. The Morgan fingerprint density at radius 1 is 0.952 bits per heavy atom. The molecule has 0 saturated carbocycles. The first-order valence-electron chi connectivity index (χ1n) is 7.91. The summed E-state index contributed by atoms with van der Waals surface area (Å²) in [5.41, 5.74) is 2.77. The lowest BCUT2D eigenvalue weighted by Crippen LogP contribution is -2.30. The molecule has 21 heavy (non-hydrogen) atoms. The molecule has 0 spiro atoms. The first-order chi connectivity index (χ1) is 10.0. The molecular formula is C19H22O2. The molecule has 0 aliphatic heterocycles. The molecule has 1 aromatic carbocycles. The maximum absolute atomic E-state index is 12.7. The van der Waals surface area contributed by atoms with Crippen LogP contribution in [0.3, 0.4) is 0 Å². The van der Waals surface area contributed by atoms with Gasteiger partial charge in [-0.1, -0.05) is 45.0 Å². The van der Waals surface area contributed by atoms with Crippen LogP contribution >= 0.6 is 0 Å². The minimum Gasteiger partial charge on any atom is -0.289 e. The van der Waals surface area contributed by atoms with E-state index in [0.717, 1.165) is 30.4 Å². The maximum atomic E-state index is 12.7. The van der Waals surface area contributed by atoms with Crippen LogP contribution in [0.15, 0.2) is 35.4 Å². The van der Waals surface area contributed by atoms with Crippen molar-refractivity contribution in [2.75, 3.05) is 0 Å². The number of hydrogen-bond donors (Lipinski definition) is 0. The number of carbonyl (C=O) groups is 2. The lowest BCUT2D eigenvalue weighted by atomic mass is 9.69. The van der Waals surface area contributed by atoms with Crippen molar-refractivity contribution in [1.29, 1.82) is 0 Å². The van der Waals surface area contributed by atoms with Crippen LogP contribution in [0.1, 0.15) is 60.7 Å². The molecule has 0 N–H and O–H groups in total. The third kappa shape index (κ3) is 2.27. The molecule has 1 aromatic rings. The topological polar surface area (TPSA) is 34.1 Å². The second-order valence-corrected chi connectivity index (χ2v) is 6.77. The van der Waals surface area contributed by atoms with Crippen LogP contribution in [0.25, 0.3) is 0 Å². The Kier molecular flexibility index (Phi) is 3.56. The molecule has 2 heteroatoms. The van der Waals surface area contributed by atoms with Gasteiger partial charge in [-0.05, 0) is 37.0 Å². The lowest BCUT2D eigenvalue weighted by Gasteiger charge is -2.34. The van der Waals surface area contributed by atoms with E-state index in [0.29, 0.717) is 28.9 Å². The highest BCUT2D eigenvalue weighted by Gasteiger charge is 2.37. The summed E-state index contributed by atoms with van der Waals surface area (Å²) >= 11 is 0. The summed E-state index contributed by atoms with van der Waals surface area (Å²) < 4.78 is 0. The summed E-state index contributed by atoms with van der Waals surface area (Å²) in [7, 11) is 0. The number of ketones is 2. The van der Waals surface area contributed by atoms with Crippen LogP contribution in [0.4, 0.5) is 0 Å². The third-order valence-electron chi connectivity index (χ3n) is 5.36. The highest BCUT2D eigenvalue weighted by molar-refractivity contribution is 6.27. The average molecular weight is 282 g/mol. The first-order valence-corrected chi connectivity index (χ1v) is 7.91. The Morgan fingerprint density at radius 3 is 2.10 bits per heavy atom. The van der Waals surface area contributed by atoms with Crippen LogP contribution in [0.2, 0.25) is 0 Å². The third-order valence-corrected chi connectivity index (χ3v) is 5.36. The first kappa shape index (κ1) is 14.2. The minimum atomic E-state index is 0.0795. The number of allylic oxidation sites excluding steroid dienone is 2. The van der Waals surface area contributed by atoms with E-state index in [9.17, 15) is 9.59 Å². The van der Waals surface area contributed by atoms with Crippen molar-refractivity contribution < 1.29 is 9.59 Å². The fourth-order valence-electron chi connectivity index (χ4n) is 3.65. The van der Waals surface area contributed by atoms with Gasteiger partial charge in [-0.25, -0.2) is 0 Å². The molecule has 0 radical (unpaired) electrons. The lowest BCUT2D eigenvalue weighted by molar-refractivity contribution is 0.0951. The van der Waals surface area contributed by atoms with Gasteiger partial charge in [0.05, 0.1) is 0 Å². The molecule has 2 unspecified atom stereocenters. The Balaban J connectivity index is 1.97. The molecular weight excluding hydrogens is 260 g/mol. The van der Waals surface area contributed by atoms with E-state index in [-0.39, 0.29) is 11.6 Å². The SMILES string of the molecule is CC(C)C(C)C1CCC2=C(C1)C(=O)c1ccccc1C2=O. The normalized spacial score (nSPS) is 23.1. The molecule has 0 bridgehead atoms. The number of carbonyl (C=O) groups excluding carboxylic acids is 2. The zero-order chi connectivity index (χ0) is 15.1. The highest BCUT2D eigenvalue weighted by Crippen LogP contribution is 2.41. The smallest absolute Gasteiger partial charge is 0.190 e. The van der Waals surface area contributed by atoms with Crippen molar-refractivity contribution in [2.45, 2.75) is 40.0 Å². The molecule has 0 heterocycles. The van der Waals surface area contributed by atoms with Gasteiger partial charge < -0.3 is 0 Å². The number of benzene rings is 1. The monoisotopic (exact) mass is 282 g/mol. The van der Waals surface area contributed by atoms with E-state index in [4.69, 9.17) is 0 Å². The summed E-state index contributed by atoms with van der Waals surface area (Å²) in [5.74, 6) is 1.88. The van der Waals surface area contributed by atoms with E-state index >= 15 is 0 Å². The van der Waals surface area contributed by atoms with E-state index in [1.54, 1.807) is 12.1 Å². The average Bonchev–Trinajstić information content (AvgIpc) is 2.51. The predicted octanol–water partition coefficient (Wildman–Crippen LogP) is 4.45. The van der Waals surface area contributed by atoms with Crippen LogP contribution in [0, 0.1) is 17.8 Å². The molecule has 3 rings (SSSR count). The molecule has 110 valence electrons. The van der Waals surface area contributed by atoms with E-state index < -0.39 is 0 Å². The number of Topliss-reactive ketones (excluding diaryl/α,β-unsaturated/α-hetero) is 2. The number of fused-ring (bicyclic) bond motifs is 1. The molecule has 2 aliphatic rings. The Morgan fingerprint density at radius 2 is 1.52 bits per heavy atom. The minimum absolute atomic E-state index is 0.0795. The molecule has 0 fully saturated rings. The standard InChI is InChI=1S/C19H22O2/c1-11(2)12(3)13-8-9-16-17(10-13)19(21)15-7-5-4-6-14(15)18(16)20/h4-7,11-13H,8-10H2,1-3H3. The second-order valence-electron chi connectivity index (χ2n) is 6.77. The van der Waals surface area contributed by atoms with Crippen LogP contribution < -0.4 is 0 Å². The van der Waals surface area contributed by atoms with E-state index in [1.165, 1.54) is 0 Å². The predicted molar refractivity (Wildman–Crippen MR) is 83.5 cm³/mol. The summed E-state index contributed by atoms with van der Waals surface area (Å²) in [5, 5.41) is 0. The van der Waals surface area contributed by atoms with Gasteiger partial charge in [-0.2, -0.15) is 0 Å². The highest BCUT2D eigenvalue weighted by atomic mass is 16.1. The Labute approximate surface area is 126 Å². The fourth-order valence-corrected chi connectivity index (χ4v) is 3.65. The molecule has 0 aromatic heterocycles. The Hall–Kier alpha value is -1.70. The van der Waals surface area contributed by atoms with Crippen molar-refractivity contribution >= 4 is 11.6 Å². The van der Waals surface area contributed by atoms with Gasteiger partial charge in [0.15, 0.2) is 11.6 Å². The summed E-state index contributed by atoms with van der Waals surface area (Å²) in [6.45, 7) is 6.74. The quantitative estimate of drug-likeness (QED) is 0.802. The van der Waals surface area contributed by atoms with Gasteiger partial charge in [0.25, 0.3) is 0 Å². The van der Waals surface area contributed by atoms with Crippen molar-refractivity contribution in [3.63, 3.8) is 0 Å². The van der Waals surface area contributed by atoms with Crippen molar-refractivity contribution in [3.05, 3.63) is 46.5 Å². The van der Waals surface area contributed by atoms with E-state index in [2.05, 4.69) is 20.8 Å². The molecule has 2 aliphatic carbocycles. The van der Waals surface area contributed by atoms with Crippen LogP contribution in [-0.2, 0) is 0 Å². The zero-order valence-corrected chi connectivity index (χ0v) is 13.0. The Bertz CT molecular complexity index is 637. The molecule has 0 saturated heterocycles. The zero-order valence-electron chi connectivity index (χ0n) is 13.0. The van der Waals surface area contributed by atoms with Gasteiger partial charge in [-0.3, -0.25) is 9.59 Å². The summed E-state index contributed by atoms with van der Waals surface area (Å²) in [6.07, 6.45) is 2.56. The number of rotatable bonds is 2. The van der Waals surface area contributed by atoms with Crippen molar-refractivity contribution in [2.24, 2.45) is 17.8 Å². The molecule has 2 atom stereocenters. The van der Waals surface area contributed by atoms with Crippen molar-refractivity contribution in [1.82, 2.24) is 0 Å². The summed E-state index contributed by atoms with van der Waals surface area (Å²) in [6, 6.07) is 7.24. The van der Waals surface area contributed by atoms with Gasteiger partial charge in [-0.15, -0.1) is 0 Å². The molecule has 2 nitrogen and oxygen atoms in total. The van der Waals surface area contributed by atoms with E-state index in [1.807, 2.05) is 12.1 Å². The van der Waals surface area contributed by atoms with Gasteiger partial charge >= 0.3 is 0 Å². The van der Waals surface area contributed by atoms with Crippen LogP contribution in [-0.4, -0.2) is 11.6 Å². The second kappa shape index (κ2) is 5.25.